The van der Waals surface area contributed by atoms with E-state index in [1.165, 1.54) is 5.38 Å². The Balaban J connectivity index is 1.95. The normalized spacial score (nSPS) is 11.7. The zero-order valence-corrected chi connectivity index (χ0v) is 11.5. The molecule has 0 bridgehead atoms. The van der Waals surface area contributed by atoms with Gasteiger partial charge in [0.15, 0.2) is 5.78 Å². The van der Waals surface area contributed by atoms with Crippen LogP contribution in [0.4, 0.5) is 13.2 Å². The van der Waals surface area contributed by atoms with Gasteiger partial charge < -0.3 is 0 Å². The number of carbonyl (C=O) groups excluding carboxylic acids is 1. The van der Waals surface area contributed by atoms with Crippen molar-refractivity contribution in [3.05, 3.63) is 44.3 Å². The summed E-state index contributed by atoms with van der Waals surface area (Å²) in [4.78, 5) is 13.0. The highest BCUT2D eigenvalue weighted by Crippen LogP contribution is 2.34. The lowest BCUT2D eigenvalue weighted by atomic mass is 10.0. The summed E-state index contributed by atoms with van der Waals surface area (Å²) in [6.45, 7) is 0. The number of aryl methyl sites for hydroxylation is 1. The molecule has 2 aromatic heterocycles. The highest BCUT2D eigenvalue weighted by atomic mass is 32.1. The van der Waals surface area contributed by atoms with E-state index in [1.54, 1.807) is 11.3 Å². The van der Waals surface area contributed by atoms with E-state index in [1.807, 2.05) is 17.5 Å². The first-order valence-electron chi connectivity index (χ1n) is 5.67. The van der Waals surface area contributed by atoms with Crippen LogP contribution in [0, 0.1) is 0 Å². The van der Waals surface area contributed by atoms with Crippen LogP contribution in [0.3, 0.4) is 0 Å². The average molecular weight is 304 g/mol. The van der Waals surface area contributed by atoms with Crippen molar-refractivity contribution in [1.82, 2.24) is 0 Å². The highest BCUT2D eigenvalue weighted by molar-refractivity contribution is 7.09. The molecule has 0 unspecified atom stereocenters. The fourth-order valence-corrected chi connectivity index (χ4v) is 3.36. The lowest BCUT2D eigenvalue weighted by Crippen LogP contribution is -2.10. The van der Waals surface area contributed by atoms with Gasteiger partial charge in [-0.2, -0.15) is 24.5 Å². The van der Waals surface area contributed by atoms with Crippen LogP contribution in [-0.4, -0.2) is 5.78 Å². The van der Waals surface area contributed by atoms with Crippen molar-refractivity contribution in [2.24, 2.45) is 0 Å². The molecule has 0 fully saturated rings. The van der Waals surface area contributed by atoms with Gasteiger partial charge >= 0.3 is 6.18 Å². The first kappa shape index (κ1) is 14.3. The molecule has 0 atom stereocenters. The lowest BCUT2D eigenvalue weighted by Gasteiger charge is -2.07. The molecule has 0 aromatic carbocycles. The van der Waals surface area contributed by atoms with Gasteiger partial charge in [-0.25, -0.2) is 0 Å². The molecule has 0 aliphatic carbocycles. The Morgan fingerprint density at radius 2 is 2.05 bits per heavy atom. The van der Waals surface area contributed by atoms with Crippen LogP contribution in [0.25, 0.3) is 0 Å². The quantitative estimate of drug-likeness (QED) is 0.708. The van der Waals surface area contributed by atoms with Crippen molar-refractivity contribution >= 4 is 28.5 Å². The fraction of sp³-hybridized carbons (Fsp3) is 0.308. The molecule has 0 aliphatic rings. The monoisotopic (exact) mass is 304 g/mol. The van der Waals surface area contributed by atoms with Crippen LogP contribution in [0.15, 0.2) is 28.3 Å². The maximum atomic E-state index is 12.6. The number of Topliss-reactive ketones (excluding diaryl/α,β-unsaturated/α-hetero) is 1. The molecule has 0 amide bonds. The van der Waals surface area contributed by atoms with E-state index in [9.17, 15) is 18.0 Å². The molecule has 1 nitrogen and oxygen atoms in total. The van der Waals surface area contributed by atoms with Gasteiger partial charge in [-0.15, -0.1) is 11.3 Å². The van der Waals surface area contributed by atoms with Gasteiger partial charge in [-0.3, -0.25) is 4.79 Å². The molecular weight excluding hydrogens is 293 g/mol. The molecule has 6 heteroatoms. The molecule has 19 heavy (non-hydrogen) atoms. The Bertz CT molecular complexity index is 540. The standard InChI is InChI=1S/C13H11F3OS2/c14-13(15,16)11-8-18-7-10(11)12(17)5-1-3-9-4-2-6-19-9/h2,4,6-8H,1,3,5H2. The lowest BCUT2D eigenvalue weighted by molar-refractivity contribution is -0.137. The third-order valence-corrected chi connectivity index (χ3v) is 4.35. The fourth-order valence-electron chi connectivity index (χ4n) is 1.75. The predicted octanol–water partition coefficient (Wildman–Crippen LogP) is 5.03. The van der Waals surface area contributed by atoms with Crippen LogP contribution in [0.2, 0.25) is 0 Å². The number of carbonyl (C=O) groups is 1. The molecule has 0 spiro atoms. The van der Waals surface area contributed by atoms with E-state index in [4.69, 9.17) is 0 Å². The summed E-state index contributed by atoms with van der Waals surface area (Å²) in [6.07, 6.45) is -2.99. The number of hydrogen-bond acceptors (Lipinski definition) is 3. The van der Waals surface area contributed by atoms with Crippen LogP contribution in [-0.2, 0) is 12.6 Å². The summed E-state index contributed by atoms with van der Waals surface area (Å²) in [5.74, 6) is -0.426. The van der Waals surface area contributed by atoms with Crippen molar-refractivity contribution in [2.75, 3.05) is 0 Å². The Hall–Kier alpha value is -1.14. The molecule has 0 N–H and O–H groups in total. The van der Waals surface area contributed by atoms with E-state index >= 15 is 0 Å². The molecule has 2 rings (SSSR count). The zero-order valence-electron chi connectivity index (χ0n) is 9.87. The molecule has 0 radical (unpaired) electrons. The summed E-state index contributed by atoms with van der Waals surface area (Å²) in [5, 5.41) is 4.22. The minimum atomic E-state index is -4.45. The van der Waals surface area contributed by atoms with Crippen LogP contribution in [0.5, 0.6) is 0 Å². The molecule has 102 valence electrons. The summed E-state index contributed by atoms with van der Waals surface area (Å²) >= 11 is 2.50. The third-order valence-electron chi connectivity index (χ3n) is 2.67. The van der Waals surface area contributed by atoms with Crippen LogP contribution >= 0.6 is 22.7 Å². The molecular formula is C13H11F3OS2. The van der Waals surface area contributed by atoms with Gasteiger partial charge in [0, 0.05) is 27.6 Å². The van der Waals surface area contributed by atoms with Crippen molar-refractivity contribution in [2.45, 2.75) is 25.4 Å². The van der Waals surface area contributed by atoms with E-state index in [2.05, 4.69) is 0 Å². The Labute approximate surface area is 116 Å². The number of ketones is 1. The summed E-state index contributed by atoms with van der Waals surface area (Å²) in [7, 11) is 0. The first-order chi connectivity index (χ1) is 8.98. The Kier molecular flexibility index (Phi) is 4.42. The van der Waals surface area contributed by atoms with E-state index in [-0.39, 0.29) is 12.0 Å². The number of halogens is 3. The predicted molar refractivity (Wildman–Crippen MR) is 70.9 cm³/mol. The molecule has 0 saturated carbocycles. The van der Waals surface area contributed by atoms with Crippen molar-refractivity contribution in [3.63, 3.8) is 0 Å². The topological polar surface area (TPSA) is 17.1 Å². The number of alkyl halides is 3. The minimum absolute atomic E-state index is 0.151. The van der Waals surface area contributed by atoms with Crippen LogP contribution in [0.1, 0.15) is 33.6 Å². The summed E-state index contributed by atoms with van der Waals surface area (Å²) in [6, 6.07) is 3.88. The van der Waals surface area contributed by atoms with E-state index < -0.39 is 17.5 Å². The first-order valence-corrected chi connectivity index (χ1v) is 7.49. The van der Waals surface area contributed by atoms with E-state index in [0.29, 0.717) is 6.42 Å². The van der Waals surface area contributed by atoms with E-state index in [0.717, 1.165) is 28.0 Å². The third kappa shape index (κ3) is 3.67. The zero-order chi connectivity index (χ0) is 13.9. The second-order valence-corrected chi connectivity index (χ2v) is 5.83. The molecule has 2 heterocycles. The number of thiophene rings is 2. The number of rotatable bonds is 5. The molecule has 2 aromatic rings. The Morgan fingerprint density at radius 1 is 1.26 bits per heavy atom. The van der Waals surface area contributed by atoms with Gasteiger partial charge in [0.05, 0.1) is 5.56 Å². The Morgan fingerprint density at radius 3 is 2.68 bits per heavy atom. The van der Waals surface area contributed by atoms with Gasteiger partial charge in [-0.05, 0) is 24.3 Å². The van der Waals surface area contributed by atoms with Crippen molar-refractivity contribution < 1.29 is 18.0 Å². The van der Waals surface area contributed by atoms with Crippen molar-refractivity contribution in [3.8, 4) is 0 Å². The molecule has 0 aliphatic heterocycles. The van der Waals surface area contributed by atoms with Gasteiger partial charge in [0.2, 0.25) is 0 Å². The summed E-state index contributed by atoms with van der Waals surface area (Å²) < 4.78 is 37.9. The maximum absolute atomic E-state index is 12.6. The SMILES string of the molecule is O=C(CCCc1cccs1)c1cscc1C(F)(F)F. The van der Waals surface area contributed by atoms with Gasteiger partial charge in [0.25, 0.3) is 0 Å². The second kappa shape index (κ2) is 5.88. The second-order valence-electron chi connectivity index (χ2n) is 4.05. The largest absolute Gasteiger partial charge is 0.417 e. The summed E-state index contributed by atoms with van der Waals surface area (Å²) in [5.41, 5.74) is -0.998. The van der Waals surface area contributed by atoms with Crippen molar-refractivity contribution in [1.29, 1.82) is 0 Å². The number of hydrogen-bond donors (Lipinski definition) is 0. The minimum Gasteiger partial charge on any atom is -0.294 e. The smallest absolute Gasteiger partial charge is 0.294 e. The highest BCUT2D eigenvalue weighted by Gasteiger charge is 2.35. The van der Waals surface area contributed by atoms with Gasteiger partial charge in [-0.1, -0.05) is 6.07 Å². The van der Waals surface area contributed by atoms with Gasteiger partial charge in [0.1, 0.15) is 0 Å². The van der Waals surface area contributed by atoms with Crippen LogP contribution < -0.4 is 0 Å². The molecule has 0 saturated heterocycles. The maximum Gasteiger partial charge on any atom is 0.417 e. The average Bonchev–Trinajstić information content (AvgIpc) is 2.98.